The van der Waals surface area contributed by atoms with E-state index in [2.05, 4.69) is 11.0 Å². The van der Waals surface area contributed by atoms with Gasteiger partial charge in [-0.3, -0.25) is 9.69 Å². The summed E-state index contributed by atoms with van der Waals surface area (Å²) in [6, 6.07) is 0. The van der Waals surface area contributed by atoms with Crippen molar-refractivity contribution in [1.29, 1.82) is 0 Å². The van der Waals surface area contributed by atoms with Gasteiger partial charge in [0.15, 0.2) is 0 Å². The largest absolute Gasteiger partial charge is 0.480 e. The Bertz CT molecular complexity index is 242. The van der Waals surface area contributed by atoms with E-state index in [9.17, 15) is 4.79 Å². The van der Waals surface area contributed by atoms with E-state index in [1.807, 2.05) is 6.08 Å². The first kappa shape index (κ1) is 10.5. The number of fused-ring (bicyclic) bond motifs is 1. The monoisotopic (exact) mass is 203 g/mol. The molecule has 1 unspecified atom stereocenters. The Morgan fingerprint density at radius 3 is 2.85 bits per heavy atom. The van der Waals surface area contributed by atoms with Crippen molar-refractivity contribution >= 4 is 18.4 Å². The lowest BCUT2D eigenvalue weighted by atomic mass is 9.90. The molecular formula is C9H14ClNO2. The van der Waals surface area contributed by atoms with Crippen molar-refractivity contribution in [2.24, 2.45) is 0 Å². The molecule has 0 amide bonds. The minimum absolute atomic E-state index is 0. The number of hydrogen-bond acceptors (Lipinski definition) is 2. The summed E-state index contributed by atoms with van der Waals surface area (Å²) in [6.45, 7) is 1.75. The minimum atomic E-state index is -0.649. The molecule has 1 saturated heterocycles. The second kappa shape index (κ2) is 3.68. The van der Waals surface area contributed by atoms with Gasteiger partial charge in [0.2, 0.25) is 0 Å². The zero-order valence-corrected chi connectivity index (χ0v) is 8.22. The Labute approximate surface area is 83.8 Å². The Hall–Kier alpha value is -0.540. The highest BCUT2D eigenvalue weighted by molar-refractivity contribution is 5.85. The molecular weight excluding hydrogens is 190 g/mol. The zero-order valence-electron chi connectivity index (χ0n) is 7.40. The van der Waals surface area contributed by atoms with Crippen LogP contribution in [-0.4, -0.2) is 34.6 Å². The standard InChI is InChI=1S/C9H13NO2.ClH/c11-8(12)9-4-1-2-6-10(9)7-3-5-9;/h1-2H,3-7H2,(H,11,12);1H. The number of carboxylic acid groups (broad SMARTS) is 1. The fraction of sp³-hybridized carbons (Fsp3) is 0.667. The van der Waals surface area contributed by atoms with Gasteiger partial charge in [-0.15, -0.1) is 12.4 Å². The maximum atomic E-state index is 11.1. The van der Waals surface area contributed by atoms with Crippen molar-refractivity contribution in [3.63, 3.8) is 0 Å². The Kier molecular flexibility index (Phi) is 2.98. The van der Waals surface area contributed by atoms with Gasteiger partial charge in [-0.1, -0.05) is 12.2 Å². The molecule has 0 aromatic heterocycles. The van der Waals surface area contributed by atoms with E-state index in [0.717, 1.165) is 25.9 Å². The van der Waals surface area contributed by atoms with Gasteiger partial charge in [0, 0.05) is 6.54 Å². The SMILES string of the molecule is Cl.O=C(O)C12CC=CCN1CCC2. The first-order chi connectivity index (χ1) is 5.76. The molecule has 1 N–H and O–H groups in total. The predicted octanol–water partition coefficient (Wildman–Crippen LogP) is 1.29. The summed E-state index contributed by atoms with van der Waals surface area (Å²) in [7, 11) is 0. The van der Waals surface area contributed by atoms with Crippen LogP contribution >= 0.6 is 12.4 Å². The molecule has 2 aliphatic rings. The van der Waals surface area contributed by atoms with Crippen LogP contribution in [0.5, 0.6) is 0 Å². The van der Waals surface area contributed by atoms with E-state index < -0.39 is 11.5 Å². The average Bonchev–Trinajstić information content (AvgIpc) is 2.48. The summed E-state index contributed by atoms with van der Waals surface area (Å²) in [4.78, 5) is 13.2. The molecule has 2 heterocycles. The fourth-order valence-electron chi connectivity index (χ4n) is 2.24. The normalized spacial score (nSPS) is 32.3. The lowest BCUT2D eigenvalue weighted by molar-refractivity contribution is -0.149. The molecule has 0 saturated carbocycles. The summed E-state index contributed by atoms with van der Waals surface area (Å²) in [5.41, 5.74) is -0.547. The predicted molar refractivity (Wildman–Crippen MR) is 52.2 cm³/mol. The minimum Gasteiger partial charge on any atom is -0.480 e. The number of nitrogens with zero attached hydrogens (tertiary/aromatic N) is 1. The number of rotatable bonds is 1. The number of aliphatic carboxylic acids is 1. The van der Waals surface area contributed by atoms with Crippen LogP contribution in [0.2, 0.25) is 0 Å². The quantitative estimate of drug-likeness (QED) is 0.653. The molecule has 1 fully saturated rings. The second-order valence-electron chi connectivity index (χ2n) is 3.56. The van der Waals surface area contributed by atoms with E-state index in [-0.39, 0.29) is 12.4 Å². The van der Waals surface area contributed by atoms with Gasteiger partial charge in [-0.2, -0.15) is 0 Å². The number of carbonyl (C=O) groups is 1. The average molecular weight is 204 g/mol. The lowest BCUT2D eigenvalue weighted by Gasteiger charge is -2.35. The first-order valence-electron chi connectivity index (χ1n) is 4.39. The second-order valence-corrected chi connectivity index (χ2v) is 3.56. The highest BCUT2D eigenvalue weighted by atomic mass is 35.5. The van der Waals surface area contributed by atoms with Gasteiger partial charge in [-0.25, -0.2) is 0 Å². The van der Waals surface area contributed by atoms with Crippen molar-refractivity contribution in [3.8, 4) is 0 Å². The third-order valence-electron chi connectivity index (χ3n) is 2.97. The lowest BCUT2D eigenvalue weighted by Crippen LogP contribution is -2.51. The fourth-order valence-corrected chi connectivity index (χ4v) is 2.24. The molecule has 13 heavy (non-hydrogen) atoms. The number of halogens is 1. The highest BCUT2D eigenvalue weighted by Crippen LogP contribution is 2.35. The maximum Gasteiger partial charge on any atom is 0.324 e. The zero-order chi connectivity index (χ0) is 8.60. The molecule has 0 aromatic rings. The highest BCUT2D eigenvalue weighted by Gasteiger charge is 2.47. The molecule has 0 aromatic carbocycles. The van der Waals surface area contributed by atoms with Crippen LogP contribution in [0.1, 0.15) is 19.3 Å². The molecule has 1 atom stereocenters. The van der Waals surface area contributed by atoms with Crippen LogP contribution in [0.3, 0.4) is 0 Å². The van der Waals surface area contributed by atoms with Crippen molar-refractivity contribution in [1.82, 2.24) is 4.90 Å². The van der Waals surface area contributed by atoms with Gasteiger partial charge in [-0.05, 0) is 25.8 Å². The van der Waals surface area contributed by atoms with Crippen molar-refractivity contribution < 1.29 is 9.90 Å². The third kappa shape index (κ3) is 1.46. The third-order valence-corrected chi connectivity index (χ3v) is 2.97. The molecule has 2 aliphatic heterocycles. The maximum absolute atomic E-state index is 11.1. The molecule has 0 aliphatic carbocycles. The summed E-state index contributed by atoms with van der Waals surface area (Å²) in [5, 5.41) is 9.12. The molecule has 4 heteroatoms. The van der Waals surface area contributed by atoms with Crippen molar-refractivity contribution in [2.75, 3.05) is 13.1 Å². The van der Waals surface area contributed by atoms with Gasteiger partial charge in [0.1, 0.15) is 5.54 Å². The van der Waals surface area contributed by atoms with Crippen LogP contribution in [0, 0.1) is 0 Å². The van der Waals surface area contributed by atoms with Gasteiger partial charge in [0.25, 0.3) is 0 Å². The van der Waals surface area contributed by atoms with E-state index >= 15 is 0 Å². The Morgan fingerprint density at radius 1 is 1.46 bits per heavy atom. The van der Waals surface area contributed by atoms with E-state index in [1.54, 1.807) is 0 Å². The molecule has 0 spiro atoms. The summed E-state index contributed by atoms with van der Waals surface area (Å²) in [6.07, 6.45) is 6.57. The topological polar surface area (TPSA) is 40.5 Å². The van der Waals surface area contributed by atoms with Gasteiger partial charge >= 0.3 is 5.97 Å². The molecule has 0 bridgehead atoms. The summed E-state index contributed by atoms with van der Waals surface area (Å²) < 4.78 is 0. The van der Waals surface area contributed by atoms with Crippen molar-refractivity contribution in [2.45, 2.75) is 24.8 Å². The van der Waals surface area contributed by atoms with Crippen LogP contribution in [-0.2, 0) is 4.79 Å². The van der Waals surface area contributed by atoms with Crippen molar-refractivity contribution in [3.05, 3.63) is 12.2 Å². The summed E-state index contributed by atoms with van der Waals surface area (Å²) >= 11 is 0. The summed E-state index contributed by atoms with van der Waals surface area (Å²) in [5.74, 6) is -0.649. The van der Waals surface area contributed by atoms with Crippen LogP contribution in [0.15, 0.2) is 12.2 Å². The van der Waals surface area contributed by atoms with E-state index in [4.69, 9.17) is 5.11 Å². The smallest absolute Gasteiger partial charge is 0.324 e. The number of hydrogen-bond donors (Lipinski definition) is 1. The molecule has 74 valence electrons. The van der Waals surface area contributed by atoms with Crippen LogP contribution in [0.4, 0.5) is 0 Å². The van der Waals surface area contributed by atoms with Gasteiger partial charge < -0.3 is 5.11 Å². The van der Waals surface area contributed by atoms with Crippen LogP contribution < -0.4 is 0 Å². The van der Waals surface area contributed by atoms with E-state index in [0.29, 0.717) is 6.42 Å². The van der Waals surface area contributed by atoms with Crippen LogP contribution in [0.25, 0.3) is 0 Å². The van der Waals surface area contributed by atoms with E-state index in [1.165, 1.54) is 0 Å². The molecule has 0 radical (unpaired) electrons. The first-order valence-corrected chi connectivity index (χ1v) is 4.39. The molecule has 2 rings (SSSR count). The molecule has 3 nitrogen and oxygen atoms in total. The van der Waals surface area contributed by atoms with Gasteiger partial charge in [0.05, 0.1) is 0 Å². The number of carboxylic acids is 1. The Balaban J connectivity index is 0.000000845. The Morgan fingerprint density at radius 2 is 2.23 bits per heavy atom.